The molecule has 0 radical (unpaired) electrons. The van der Waals surface area contributed by atoms with Crippen LogP contribution in [-0.2, 0) is 6.42 Å². The first-order valence-electron chi connectivity index (χ1n) is 10.2. The van der Waals surface area contributed by atoms with Gasteiger partial charge < -0.3 is 19.9 Å². The van der Waals surface area contributed by atoms with E-state index in [2.05, 4.69) is 14.8 Å². The van der Waals surface area contributed by atoms with Gasteiger partial charge in [-0.1, -0.05) is 6.07 Å². The van der Waals surface area contributed by atoms with Crippen molar-refractivity contribution in [1.82, 2.24) is 14.8 Å². The molecule has 2 N–H and O–H groups in total. The third kappa shape index (κ3) is 3.64. The molecule has 6 heteroatoms. The fraction of sp³-hybridized carbons (Fsp3) is 0.333. The van der Waals surface area contributed by atoms with Crippen molar-refractivity contribution in [3.63, 3.8) is 0 Å². The molecule has 0 saturated carbocycles. The average molecular weight is 405 g/mol. The SMILES string of the molecule is CN(C)CCC1=c2c(O)cccc2=NC1=C1C=CC(=O)c2c(CCN(C)C)c[nH]c21. The van der Waals surface area contributed by atoms with E-state index >= 15 is 0 Å². The van der Waals surface area contributed by atoms with Crippen LogP contribution < -0.4 is 10.6 Å². The molecule has 156 valence electrons. The quantitative estimate of drug-likeness (QED) is 0.769. The summed E-state index contributed by atoms with van der Waals surface area (Å²) in [6, 6.07) is 5.44. The zero-order chi connectivity index (χ0) is 21.4. The highest BCUT2D eigenvalue weighted by Crippen LogP contribution is 2.35. The van der Waals surface area contributed by atoms with Crippen molar-refractivity contribution < 1.29 is 9.90 Å². The Balaban J connectivity index is 1.88. The topological polar surface area (TPSA) is 71.9 Å². The number of H-pyrrole nitrogens is 1. The van der Waals surface area contributed by atoms with Gasteiger partial charge in [-0.2, -0.15) is 0 Å². The fourth-order valence-electron chi connectivity index (χ4n) is 4.06. The second kappa shape index (κ2) is 8.05. The molecule has 0 spiro atoms. The number of aromatic amines is 1. The summed E-state index contributed by atoms with van der Waals surface area (Å²) < 4.78 is 0. The number of nitrogens with one attached hydrogen (secondary N) is 1. The molecule has 6 nitrogen and oxygen atoms in total. The van der Waals surface area contributed by atoms with Gasteiger partial charge in [0.2, 0.25) is 0 Å². The van der Waals surface area contributed by atoms with Crippen LogP contribution in [0.3, 0.4) is 0 Å². The van der Waals surface area contributed by atoms with Gasteiger partial charge in [-0.05, 0) is 76.5 Å². The zero-order valence-electron chi connectivity index (χ0n) is 18.0. The van der Waals surface area contributed by atoms with Gasteiger partial charge in [-0.3, -0.25) is 4.79 Å². The summed E-state index contributed by atoms with van der Waals surface area (Å²) in [5.74, 6) is 0.271. The number of allylic oxidation sites excluding steroid dienone is 4. The molecule has 0 amide bonds. The van der Waals surface area contributed by atoms with Gasteiger partial charge in [0.25, 0.3) is 0 Å². The number of phenols is 1. The molecule has 1 aromatic carbocycles. The number of likely N-dealkylation sites (N-methyl/N-ethyl adjacent to an activating group) is 1. The van der Waals surface area contributed by atoms with Gasteiger partial charge in [0.15, 0.2) is 5.78 Å². The van der Waals surface area contributed by atoms with Crippen molar-refractivity contribution in [1.29, 1.82) is 0 Å². The summed E-state index contributed by atoms with van der Waals surface area (Å²) in [6.07, 6.45) is 6.99. The van der Waals surface area contributed by atoms with Crippen LogP contribution in [0.2, 0.25) is 0 Å². The van der Waals surface area contributed by atoms with E-state index in [0.717, 1.165) is 70.2 Å². The Kier molecular flexibility index (Phi) is 5.45. The molecule has 1 aromatic heterocycles. The lowest BCUT2D eigenvalue weighted by atomic mass is 9.91. The Morgan fingerprint density at radius 1 is 1.03 bits per heavy atom. The number of aromatic hydroxyl groups is 1. The molecule has 1 aliphatic heterocycles. The van der Waals surface area contributed by atoms with E-state index in [9.17, 15) is 9.90 Å². The Morgan fingerprint density at radius 3 is 2.50 bits per heavy atom. The number of fused-ring (bicyclic) bond motifs is 2. The Labute approximate surface area is 176 Å². The second-order valence-electron chi connectivity index (χ2n) is 8.39. The number of ketones is 1. The maximum atomic E-state index is 12.7. The number of nitrogens with zero attached hydrogens (tertiary/aromatic N) is 3. The molecule has 2 aliphatic rings. The third-order valence-corrected chi connectivity index (χ3v) is 5.61. The van der Waals surface area contributed by atoms with Crippen LogP contribution in [0.5, 0.6) is 5.75 Å². The highest BCUT2D eigenvalue weighted by atomic mass is 16.3. The predicted molar refractivity (Wildman–Crippen MR) is 119 cm³/mol. The fourth-order valence-corrected chi connectivity index (χ4v) is 4.06. The number of hydrogen-bond acceptors (Lipinski definition) is 5. The van der Waals surface area contributed by atoms with Crippen molar-refractivity contribution in [2.24, 2.45) is 4.99 Å². The van der Waals surface area contributed by atoms with Crippen LogP contribution in [0.25, 0.3) is 11.1 Å². The lowest BCUT2D eigenvalue weighted by Crippen LogP contribution is -2.24. The van der Waals surface area contributed by atoms with Crippen molar-refractivity contribution in [3.8, 4) is 5.75 Å². The minimum atomic E-state index is 0.0255. The summed E-state index contributed by atoms with van der Waals surface area (Å²) >= 11 is 0. The molecule has 0 bridgehead atoms. The minimum Gasteiger partial charge on any atom is -0.507 e. The summed E-state index contributed by atoms with van der Waals surface area (Å²) in [4.78, 5) is 25.2. The van der Waals surface area contributed by atoms with Crippen molar-refractivity contribution >= 4 is 16.9 Å². The maximum absolute atomic E-state index is 12.7. The minimum absolute atomic E-state index is 0.0255. The van der Waals surface area contributed by atoms with E-state index in [0.29, 0.717) is 0 Å². The van der Waals surface area contributed by atoms with Crippen molar-refractivity contribution in [3.05, 3.63) is 69.6 Å². The molecule has 4 rings (SSSR count). The lowest BCUT2D eigenvalue weighted by molar-refractivity contribution is 0.104. The Morgan fingerprint density at radius 2 is 1.77 bits per heavy atom. The van der Waals surface area contributed by atoms with E-state index in [1.807, 2.05) is 52.6 Å². The normalized spacial score (nSPS) is 17.7. The monoisotopic (exact) mass is 404 g/mol. The van der Waals surface area contributed by atoms with Gasteiger partial charge in [-0.15, -0.1) is 0 Å². The summed E-state index contributed by atoms with van der Waals surface area (Å²) in [5, 5.41) is 12.1. The van der Waals surface area contributed by atoms with Gasteiger partial charge in [0.05, 0.1) is 22.3 Å². The maximum Gasteiger partial charge on any atom is 0.188 e. The molecular weight excluding hydrogens is 376 g/mol. The highest BCUT2D eigenvalue weighted by molar-refractivity contribution is 6.14. The van der Waals surface area contributed by atoms with Crippen LogP contribution in [0.4, 0.5) is 0 Å². The molecule has 30 heavy (non-hydrogen) atoms. The molecule has 1 aliphatic carbocycles. The smallest absolute Gasteiger partial charge is 0.188 e. The van der Waals surface area contributed by atoms with E-state index in [1.54, 1.807) is 12.1 Å². The van der Waals surface area contributed by atoms with Gasteiger partial charge in [0.1, 0.15) is 5.75 Å². The number of carbonyl (C=O) groups excluding carboxylic acids is 1. The first-order valence-corrected chi connectivity index (χ1v) is 10.2. The molecule has 0 atom stereocenters. The largest absolute Gasteiger partial charge is 0.507 e. The molecular formula is C24H28N4O2. The van der Waals surface area contributed by atoms with Crippen molar-refractivity contribution in [2.75, 3.05) is 41.3 Å². The van der Waals surface area contributed by atoms with Crippen LogP contribution in [0.15, 0.2) is 47.2 Å². The molecule has 2 heterocycles. The second-order valence-corrected chi connectivity index (χ2v) is 8.39. The summed E-state index contributed by atoms with van der Waals surface area (Å²) in [7, 11) is 8.12. The van der Waals surface area contributed by atoms with Crippen molar-refractivity contribution in [2.45, 2.75) is 12.8 Å². The van der Waals surface area contributed by atoms with E-state index < -0.39 is 0 Å². The van der Waals surface area contributed by atoms with Crippen LogP contribution in [-0.4, -0.2) is 67.0 Å². The van der Waals surface area contributed by atoms with Gasteiger partial charge in [-0.25, -0.2) is 4.99 Å². The summed E-state index contributed by atoms with van der Waals surface area (Å²) in [5.41, 5.74) is 5.35. The van der Waals surface area contributed by atoms with Crippen LogP contribution in [0.1, 0.15) is 28.0 Å². The molecule has 0 fully saturated rings. The first-order chi connectivity index (χ1) is 14.4. The number of hydrogen-bond donors (Lipinski definition) is 2. The number of phenolic OH excluding ortho intramolecular Hbond substituents is 1. The third-order valence-electron chi connectivity index (χ3n) is 5.61. The predicted octanol–water partition coefficient (Wildman–Crippen LogP) is 1.72. The lowest BCUT2D eigenvalue weighted by Gasteiger charge is -2.16. The number of carbonyl (C=O) groups is 1. The Hall–Kier alpha value is -2.96. The standard InChI is InChI=1S/C24H28N4O2/c1-27(2)12-10-15-14-25-24-17(8-9-20(30)21(15)24)23-16(11-13-28(3)4)22-18(26-23)6-5-7-19(22)29/h5-9,14,25,29H,10-13H2,1-4H3. The van der Waals surface area contributed by atoms with E-state index in [-0.39, 0.29) is 11.5 Å². The van der Waals surface area contributed by atoms with Crippen LogP contribution in [0, 0.1) is 0 Å². The van der Waals surface area contributed by atoms with Gasteiger partial charge in [0, 0.05) is 30.1 Å². The first kappa shape index (κ1) is 20.3. The molecule has 0 saturated heterocycles. The Bertz CT molecular complexity index is 1180. The van der Waals surface area contributed by atoms with E-state index in [4.69, 9.17) is 4.99 Å². The number of benzene rings is 1. The molecule has 0 unspecified atom stereocenters. The summed E-state index contributed by atoms with van der Waals surface area (Å²) in [6.45, 7) is 1.71. The van der Waals surface area contributed by atoms with E-state index in [1.165, 1.54) is 0 Å². The number of aromatic nitrogens is 1. The zero-order valence-corrected chi connectivity index (χ0v) is 18.0. The number of rotatable bonds is 6. The molecule has 2 aromatic rings. The van der Waals surface area contributed by atoms with Gasteiger partial charge >= 0.3 is 0 Å². The highest BCUT2D eigenvalue weighted by Gasteiger charge is 2.27. The average Bonchev–Trinajstić information content (AvgIpc) is 3.28. The van der Waals surface area contributed by atoms with Crippen LogP contribution >= 0.6 is 0 Å².